The van der Waals surface area contributed by atoms with E-state index in [0.29, 0.717) is 28.6 Å². The lowest BCUT2D eigenvalue weighted by Gasteiger charge is -2.09. The lowest BCUT2D eigenvalue weighted by molar-refractivity contribution is 0.112. The van der Waals surface area contributed by atoms with Crippen molar-refractivity contribution < 1.29 is 9.53 Å². The van der Waals surface area contributed by atoms with Crippen LogP contribution in [0, 0.1) is 0 Å². The molecule has 0 unspecified atom stereocenters. The first-order chi connectivity index (χ1) is 8.69. The van der Waals surface area contributed by atoms with Crippen LogP contribution in [0.3, 0.4) is 0 Å². The molecule has 92 valence electrons. The third-order valence-corrected chi connectivity index (χ3v) is 2.73. The molecule has 2 N–H and O–H groups in total. The Morgan fingerprint density at radius 2 is 1.89 bits per heavy atom. The van der Waals surface area contributed by atoms with Gasteiger partial charge in [-0.05, 0) is 35.9 Å². The molecule has 0 amide bonds. The van der Waals surface area contributed by atoms with Gasteiger partial charge in [-0.1, -0.05) is 23.7 Å². The number of rotatable bonds is 4. The minimum atomic E-state index is 0.405. The predicted octanol–water partition coefficient (Wildman–Crippen LogP) is 3.31. The van der Waals surface area contributed by atoms with E-state index in [-0.39, 0.29) is 0 Å². The molecule has 0 saturated heterocycles. The van der Waals surface area contributed by atoms with Gasteiger partial charge < -0.3 is 10.5 Å². The number of aldehydes is 1. The van der Waals surface area contributed by atoms with Crippen LogP contribution in [0.4, 0.5) is 5.69 Å². The van der Waals surface area contributed by atoms with E-state index in [1.807, 2.05) is 12.1 Å². The van der Waals surface area contributed by atoms with Crippen LogP contribution in [0.5, 0.6) is 5.75 Å². The number of ether oxygens (including phenoxy) is 1. The number of carbonyl (C=O) groups is 1. The van der Waals surface area contributed by atoms with Crippen molar-refractivity contribution in [2.45, 2.75) is 6.61 Å². The number of carbonyl (C=O) groups excluding carboxylic acids is 1. The van der Waals surface area contributed by atoms with Crippen LogP contribution in [-0.4, -0.2) is 6.29 Å². The van der Waals surface area contributed by atoms with E-state index >= 15 is 0 Å². The molecule has 4 heteroatoms. The largest absolute Gasteiger partial charge is 0.487 e. The Morgan fingerprint density at radius 3 is 2.50 bits per heavy atom. The predicted molar refractivity (Wildman–Crippen MR) is 72.0 cm³/mol. The van der Waals surface area contributed by atoms with Gasteiger partial charge >= 0.3 is 0 Å². The topological polar surface area (TPSA) is 52.3 Å². The van der Waals surface area contributed by atoms with Crippen LogP contribution in [0.15, 0.2) is 42.5 Å². The van der Waals surface area contributed by atoms with Gasteiger partial charge in [-0.25, -0.2) is 0 Å². The minimum absolute atomic E-state index is 0.405. The number of anilines is 1. The van der Waals surface area contributed by atoms with Crippen molar-refractivity contribution in [3.05, 3.63) is 58.6 Å². The summed E-state index contributed by atoms with van der Waals surface area (Å²) in [6.07, 6.45) is 0.749. The molecule has 0 aliphatic carbocycles. The number of benzene rings is 2. The Labute approximate surface area is 110 Å². The van der Waals surface area contributed by atoms with Crippen molar-refractivity contribution in [2.75, 3.05) is 5.73 Å². The number of nitrogens with two attached hydrogens (primary N) is 1. The summed E-state index contributed by atoms with van der Waals surface area (Å²) in [7, 11) is 0. The molecule has 3 nitrogen and oxygen atoms in total. The van der Waals surface area contributed by atoms with Gasteiger partial charge in [-0.15, -0.1) is 0 Å². The van der Waals surface area contributed by atoms with Crippen molar-refractivity contribution in [1.82, 2.24) is 0 Å². The molecule has 0 saturated carbocycles. The Bertz CT molecular complexity index is 552. The van der Waals surface area contributed by atoms with Crippen LogP contribution < -0.4 is 10.5 Å². The lowest BCUT2D eigenvalue weighted by atomic mass is 10.2. The smallest absolute Gasteiger partial charge is 0.150 e. The van der Waals surface area contributed by atoms with E-state index in [1.54, 1.807) is 30.3 Å². The standard InChI is InChI=1S/C14H12ClNO2/c15-12-4-1-10(2-5-12)9-18-14-6-3-11(8-17)7-13(14)16/h1-8H,9,16H2. The molecule has 0 aromatic heterocycles. The quantitative estimate of drug-likeness (QED) is 0.679. The molecule has 2 rings (SSSR count). The second kappa shape index (κ2) is 5.56. The summed E-state index contributed by atoms with van der Waals surface area (Å²) >= 11 is 5.79. The SMILES string of the molecule is Nc1cc(C=O)ccc1OCc1ccc(Cl)cc1. The zero-order valence-electron chi connectivity index (χ0n) is 9.60. The summed E-state index contributed by atoms with van der Waals surface area (Å²) in [5.41, 5.74) is 7.76. The molecular formula is C14H12ClNO2. The highest BCUT2D eigenvalue weighted by Gasteiger charge is 2.02. The molecule has 0 spiro atoms. The molecular weight excluding hydrogens is 250 g/mol. The van der Waals surface area contributed by atoms with E-state index in [4.69, 9.17) is 22.1 Å². The highest BCUT2D eigenvalue weighted by Crippen LogP contribution is 2.23. The molecule has 0 bridgehead atoms. The van der Waals surface area contributed by atoms with Gasteiger partial charge in [-0.2, -0.15) is 0 Å². The van der Waals surface area contributed by atoms with E-state index in [1.165, 1.54) is 0 Å². The van der Waals surface area contributed by atoms with Gasteiger partial charge in [0.2, 0.25) is 0 Å². The fraction of sp³-hybridized carbons (Fsp3) is 0.0714. The van der Waals surface area contributed by atoms with Gasteiger partial charge in [0.15, 0.2) is 0 Å². The van der Waals surface area contributed by atoms with Gasteiger partial charge in [0, 0.05) is 10.6 Å². The molecule has 0 aliphatic heterocycles. The Kier molecular flexibility index (Phi) is 3.85. The molecule has 0 atom stereocenters. The normalized spacial score (nSPS) is 10.1. The molecule has 2 aromatic carbocycles. The number of hydrogen-bond donors (Lipinski definition) is 1. The van der Waals surface area contributed by atoms with Crippen LogP contribution >= 0.6 is 11.6 Å². The third kappa shape index (κ3) is 3.02. The summed E-state index contributed by atoms with van der Waals surface area (Å²) in [4.78, 5) is 10.6. The molecule has 18 heavy (non-hydrogen) atoms. The van der Waals surface area contributed by atoms with E-state index in [9.17, 15) is 4.79 Å². The van der Waals surface area contributed by atoms with Crippen LogP contribution in [-0.2, 0) is 6.61 Å². The lowest BCUT2D eigenvalue weighted by Crippen LogP contribution is -1.99. The van der Waals surface area contributed by atoms with Crippen LogP contribution in [0.25, 0.3) is 0 Å². The highest BCUT2D eigenvalue weighted by atomic mass is 35.5. The second-order valence-electron chi connectivity index (χ2n) is 3.83. The monoisotopic (exact) mass is 261 g/mol. The maximum absolute atomic E-state index is 10.6. The summed E-state index contributed by atoms with van der Waals surface area (Å²) < 4.78 is 5.58. The number of halogens is 1. The molecule has 0 aliphatic rings. The van der Waals surface area contributed by atoms with Gasteiger partial charge in [0.1, 0.15) is 18.6 Å². The number of hydrogen-bond acceptors (Lipinski definition) is 3. The Hall–Kier alpha value is -2.00. The van der Waals surface area contributed by atoms with Crippen LogP contribution in [0.1, 0.15) is 15.9 Å². The summed E-state index contributed by atoms with van der Waals surface area (Å²) in [6, 6.07) is 12.3. The van der Waals surface area contributed by atoms with Crippen molar-refractivity contribution in [1.29, 1.82) is 0 Å². The van der Waals surface area contributed by atoms with Crippen molar-refractivity contribution in [3.8, 4) is 5.75 Å². The van der Waals surface area contributed by atoms with Crippen molar-refractivity contribution in [2.24, 2.45) is 0 Å². The third-order valence-electron chi connectivity index (χ3n) is 2.48. The van der Waals surface area contributed by atoms with E-state index in [2.05, 4.69) is 0 Å². The zero-order valence-corrected chi connectivity index (χ0v) is 10.4. The van der Waals surface area contributed by atoms with Crippen molar-refractivity contribution in [3.63, 3.8) is 0 Å². The molecule has 0 fully saturated rings. The van der Waals surface area contributed by atoms with Gasteiger partial charge in [0.25, 0.3) is 0 Å². The summed E-state index contributed by atoms with van der Waals surface area (Å²) in [6.45, 7) is 0.405. The zero-order chi connectivity index (χ0) is 13.0. The van der Waals surface area contributed by atoms with Gasteiger partial charge in [0.05, 0.1) is 5.69 Å². The average molecular weight is 262 g/mol. The summed E-state index contributed by atoms with van der Waals surface area (Å²) in [5, 5.41) is 0.689. The maximum atomic E-state index is 10.6. The average Bonchev–Trinajstić information content (AvgIpc) is 2.39. The first-order valence-corrected chi connectivity index (χ1v) is 5.79. The number of nitrogen functional groups attached to an aromatic ring is 1. The maximum Gasteiger partial charge on any atom is 0.150 e. The Balaban J connectivity index is 2.06. The minimum Gasteiger partial charge on any atom is -0.487 e. The van der Waals surface area contributed by atoms with Crippen LogP contribution in [0.2, 0.25) is 5.02 Å². The molecule has 2 aromatic rings. The fourth-order valence-corrected chi connectivity index (χ4v) is 1.64. The fourth-order valence-electron chi connectivity index (χ4n) is 1.51. The second-order valence-corrected chi connectivity index (χ2v) is 4.27. The van der Waals surface area contributed by atoms with E-state index < -0.39 is 0 Å². The highest BCUT2D eigenvalue weighted by molar-refractivity contribution is 6.30. The summed E-state index contributed by atoms with van der Waals surface area (Å²) in [5.74, 6) is 0.565. The first kappa shape index (κ1) is 12.5. The first-order valence-electron chi connectivity index (χ1n) is 5.41. The molecule has 0 radical (unpaired) electrons. The van der Waals surface area contributed by atoms with Gasteiger partial charge in [-0.3, -0.25) is 4.79 Å². The Morgan fingerprint density at radius 1 is 1.17 bits per heavy atom. The van der Waals surface area contributed by atoms with Crippen molar-refractivity contribution >= 4 is 23.6 Å². The molecule has 0 heterocycles. The van der Waals surface area contributed by atoms with E-state index in [0.717, 1.165) is 11.8 Å².